The van der Waals surface area contributed by atoms with Crippen LogP contribution in [0.25, 0.3) is 10.2 Å². The molecule has 4 aromatic rings. The number of ether oxygens (including phenoxy) is 1. The summed E-state index contributed by atoms with van der Waals surface area (Å²) in [6.45, 7) is 5.27. The van der Waals surface area contributed by atoms with Crippen LogP contribution in [-0.4, -0.2) is 40.1 Å². The second-order valence-corrected chi connectivity index (χ2v) is 9.26. The van der Waals surface area contributed by atoms with Crippen LogP contribution < -0.4 is 9.64 Å². The minimum Gasteiger partial charge on any atom is -0.497 e. The van der Waals surface area contributed by atoms with Crippen molar-refractivity contribution in [2.75, 3.05) is 24.3 Å². The van der Waals surface area contributed by atoms with Gasteiger partial charge in [-0.1, -0.05) is 17.4 Å². The minimum absolute atomic E-state index is 0.0291. The molecule has 0 radical (unpaired) electrons. The van der Waals surface area contributed by atoms with E-state index in [1.807, 2.05) is 41.2 Å². The molecule has 0 unspecified atom stereocenters. The Morgan fingerprint density at radius 2 is 2.03 bits per heavy atom. The highest BCUT2D eigenvalue weighted by Crippen LogP contribution is 2.32. The molecule has 4 rings (SSSR count). The molecule has 160 valence electrons. The Morgan fingerprint density at radius 3 is 2.74 bits per heavy atom. The van der Waals surface area contributed by atoms with E-state index in [2.05, 4.69) is 31.1 Å². The molecule has 0 aliphatic heterocycles. The van der Waals surface area contributed by atoms with Gasteiger partial charge in [-0.05, 0) is 61.4 Å². The molecule has 0 saturated heterocycles. The van der Waals surface area contributed by atoms with Gasteiger partial charge in [0.25, 0.3) is 0 Å². The fraction of sp³-hybridized carbons (Fsp3) is 0.261. The lowest BCUT2D eigenvalue weighted by Crippen LogP contribution is -2.35. The van der Waals surface area contributed by atoms with Crippen molar-refractivity contribution < 1.29 is 9.53 Å². The van der Waals surface area contributed by atoms with Crippen LogP contribution >= 0.6 is 23.1 Å². The average Bonchev–Trinajstić information content (AvgIpc) is 3.43. The summed E-state index contributed by atoms with van der Waals surface area (Å²) < 4.78 is 8.14. The third-order valence-electron chi connectivity index (χ3n) is 4.88. The summed E-state index contributed by atoms with van der Waals surface area (Å²) >= 11 is 3.08. The van der Waals surface area contributed by atoms with Crippen LogP contribution in [0.1, 0.15) is 11.1 Å². The topological polar surface area (TPSA) is 60.2 Å². The van der Waals surface area contributed by atoms with Crippen LogP contribution in [-0.2, 0) is 11.3 Å². The van der Waals surface area contributed by atoms with E-state index in [0.717, 1.165) is 31.6 Å². The van der Waals surface area contributed by atoms with Crippen LogP contribution in [0.3, 0.4) is 0 Å². The highest BCUT2D eigenvalue weighted by molar-refractivity contribution is 8.00. The van der Waals surface area contributed by atoms with Crippen molar-refractivity contribution in [2.24, 2.45) is 0 Å². The highest BCUT2D eigenvalue weighted by atomic mass is 32.2. The lowest BCUT2D eigenvalue weighted by Gasteiger charge is -2.19. The van der Waals surface area contributed by atoms with Crippen molar-refractivity contribution in [3.05, 3.63) is 66.0 Å². The predicted octanol–water partition coefficient (Wildman–Crippen LogP) is 4.94. The van der Waals surface area contributed by atoms with Gasteiger partial charge in [-0.3, -0.25) is 14.4 Å². The quantitative estimate of drug-likeness (QED) is 0.354. The second-order valence-electron chi connectivity index (χ2n) is 7.20. The summed E-state index contributed by atoms with van der Waals surface area (Å²) in [5.74, 6) is 1.16. The number of thioether (sulfide) groups is 1. The monoisotopic (exact) mass is 452 g/mol. The molecule has 6 nitrogen and oxygen atoms in total. The zero-order chi connectivity index (χ0) is 21.8. The van der Waals surface area contributed by atoms with E-state index >= 15 is 0 Å². The summed E-state index contributed by atoms with van der Waals surface area (Å²) in [6.07, 6.45) is 3.65. The van der Waals surface area contributed by atoms with Gasteiger partial charge in [-0.15, -0.1) is 11.8 Å². The molecule has 1 amide bonds. The summed E-state index contributed by atoms with van der Waals surface area (Å²) in [5, 5.41) is 5.00. The van der Waals surface area contributed by atoms with Crippen molar-refractivity contribution >= 4 is 44.4 Å². The van der Waals surface area contributed by atoms with E-state index in [9.17, 15) is 4.79 Å². The summed E-state index contributed by atoms with van der Waals surface area (Å²) in [6, 6.07) is 13.9. The minimum atomic E-state index is 0.0291. The van der Waals surface area contributed by atoms with Gasteiger partial charge in [-0.25, -0.2) is 4.98 Å². The number of amides is 1. The molecule has 0 aliphatic rings. The third-order valence-corrected chi connectivity index (χ3v) is 6.91. The van der Waals surface area contributed by atoms with E-state index in [1.165, 1.54) is 17.3 Å². The molecule has 31 heavy (non-hydrogen) atoms. The zero-order valence-electron chi connectivity index (χ0n) is 17.7. The van der Waals surface area contributed by atoms with E-state index in [4.69, 9.17) is 9.72 Å². The molecule has 0 bridgehead atoms. The average molecular weight is 453 g/mol. The molecular weight excluding hydrogens is 428 g/mol. The van der Waals surface area contributed by atoms with Crippen molar-refractivity contribution in [3.8, 4) is 5.75 Å². The Kier molecular flexibility index (Phi) is 6.58. The number of fused-ring (bicyclic) bond motifs is 1. The van der Waals surface area contributed by atoms with E-state index < -0.39 is 0 Å². The molecule has 0 N–H and O–H groups in total. The van der Waals surface area contributed by atoms with E-state index in [-0.39, 0.29) is 5.91 Å². The van der Waals surface area contributed by atoms with E-state index in [1.54, 1.807) is 29.5 Å². The largest absolute Gasteiger partial charge is 0.497 e. The molecule has 2 aromatic carbocycles. The van der Waals surface area contributed by atoms with Crippen LogP contribution in [0.5, 0.6) is 5.75 Å². The smallest absolute Gasteiger partial charge is 0.239 e. The number of carbonyl (C=O) groups excluding carboxylic acids is 1. The molecule has 2 aromatic heterocycles. The molecule has 0 fully saturated rings. The maximum absolute atomic E-state index is 13.2. The highest BCUT2D eigenvalue weighted by Gasteiger charge is 2.21. The number of methoxy groups -OCH3 is 1. The number of aromatic nitrogens is 3. The molecule has 0 aliphatic carbocycles. The number of hydrogen-bond donors (Lipinski definition) is 0. The summed E-state index contributed by atoms with van der Waals surface area (Å²) in [4.78, 5) is 20.9. The van der Waals surface area contributed by atoms with Gasteiger partial charge in [0.05, 0.1) is 29.6 Å². The Labute approximate surface area is 189 Å². The zero-order valence-corrected chi connectivity index (χ0v) is 19.4. The number of rotatable bonds is 8. The first-order valence-electron chi connectivity index (χ1n) is 9.96. The molecule has 0 spiro atoms. The van der Waals surface area contributed by atoms with Crippen molar-refractivity contribution in [3.63, 3.8) is 0 Å². The fourth-order valence-corrected chi connectivity index (χ4v) is 5.29. The maximum Gasteiger partial charge on any atom is 0.239 e. The standard InChI is InChI=1S/C23H24N4O2S2/c1-16-13-17(2)22-20(14-16)31-23(25-22)27(12-11-26-10-4-9-24-26)21(28)15-30-19-7-5-18(29-3)6-8-19/h4-10,13-14H,11-12,15H2,1-3H3. The van der Waals surface area contributed by atoms with Crippen LogP contribution in [0.15, 0.2) is 59.8 Å². The first-order valence-corrected chi connectivity index (χ1v) is 11.8. The normalized spacial score (nSPS) is 11.1. The van der Waals surface area contributed by atoms with Gasteiger partial charge in [0, 0.05) is 23.8 Å². The van der Waals surface area contributed by atoms with Gasteiger partial charge in [-0.2, -0.15) is 5.10 Å². The van der Waals surface area contributed by atoms with Crippen molar-refractivity contribution in [1.82, 2.24) is 14.8 Å². The molecule has 0 saturated carbocycles. The Balaban J connectivity index is 1.55. The van der Waals surface area contributed by atoms with Crippen molar-refractivity contribution in [2.45, 2.75) is 25.3 Å². The van der Waals surface area contributed by atoms with Crippen LogP contribution in [0.2, 0.25) is 0 Å². The van der Waals surface area contributed by atoms with Gasteiger partial charge in [0.1, 0.15) is 5.75 Å². The van der Waals surface area contributed by atoms with Gasteiger partial charge >= 0.3 is 0 Å². The molecular formula is C23H24N4O2S2. The van der Waals surface area contributed by atoms with Crippen LogP contribution in [0.4, 0.5) is 5.13 Å². The maximum atomic E-state index is 13.2. The van der Waals surface area contributed by atoms with E-state index in [0.29, 0.717) is 18.8 Å². The van der Waals surface area contributed by atoms with Gasteiger partial charge in [0.2, 0.25) is 5.91 Å². The molecule has 2 heterocycles. The summed E-state index contributed by atoms with van der Waals surface area (Å²) in [7, 11) is 1.64. The molecule has 0 atom stereocenters. The van der Waals surface area contributed by atoms with Gasteiger partial charge < -0.3 is 4.74 Å². The number of aryl methyl sites for hydroxylation is 2. The lowest BCUT2D eigenvalue weighted by atomic mass is 10.1. The number of hydrogen-bond acceptors (Lipinski definition) is 6. The van der Waals surface area contributed by atoms with Crippen LogP contribution in [0, 0.1) is 13.8 Å². The number of benzene rings is 2. The third kappa shape index (κ3) is 5.08. The number of nitrogens with zero attached hydrogens (tertiary/aromatic N) is 4. The van der Waals surface area contributed by atoms with Gasteiger partial charge in [0.15, 0.2) is 5.13 Å². The first kappa shape index (κ1) is 21.4. The summed E-state index contributed by atoms with van der Waals surface area (Å²) in [5.41, 5.74) is 3.29. The number of thiazole rings is 1. The number of anilines is 1. The fourth-order valence-electron chi connectivity index (χ4n) is 3.33. The Hall–Kier alpha value is -2.84. The predicted molar refractivity (Wildman–Crippen MR) is 127 cm³/mol. The first-order chi connectivity index (χ1) is 15.0. The van der Waals surface area contributed by atoms with Crippen molar-refractivity contribution in [1.29, 1.82) is 0 Å². The molecule has 8 heteroatoms. The SMILES string of the molecule is COc1ccc(SCC(=O)N(CCn2cccn2)c2nc3c(C)cc(C)cc3s2)cc1. The lowest BCUT2D eigenvalue weighted by molar-refractivity contribution is -0.116. The Morgan fingerprint density at radius 1 is 1.23 bits per heavy atom. The Bertz CT molecular complexity index is 1170. The second kappa shape index (κ2) is 9.53. The number of carbonyl (C=O) groups is 1.